The molecule has 0 aliphatic rings. The highest BCUT2D eigenvalue weighted by Crippen LogP contribution is 1.81. The van der Waals surface area contributed by atoms with E-state index in [1.54, 1.807) is 0 Å². The highest BCUT2D eigenvalue weighted by molar-refractivity contribution is 14.1. The molecule has 0 rings (SSSR count). The van der Waals surface area contributed by atoms with E-state index >= 15 is 0 Å². The van der Waals surface area contributed by atoms with Gasteiger partial charge >= 0.3 is 0 Å². The lowest BCUT2D eigenvalue weighted by atomic mass is 10.4. The van der Waals surface area contributed by atoms with E-state index in [1.165, 1.54) is 0 Å². The summed E-state index contributed by atoms with van der Waals surface area (Å²) in [6.07, 6.45) is 0. The fourth-order valence-corrected chi connectivity index (χ4v) is 0. The molecule has 5 heavy (non-hydrogen) atoms. The quantitative estimate of drug-likeness (QED) is 0.473. The Morgan fingerprint density at radius 1 is 2.00 bits per heavy atom. The molecule has 0 bridgehead atoms. The van der Waals surface area contributed by atoms with Crippen molar-refractivity contribution in [3.8, 4) is 0 Å². The third-order valence-electron chi connectivity index (χ3n) is 0.243. The van der Waals surface area contributed by atoms with Crippen LogP contribution in [0.5, 0.6) is 0 Å². The van der Waals surface area contributed by atoms with Crippen LogP contribution in [-0.4, -0.2) is 10.5 Å². The van der Waals surface area contributed by atoms with Crippen molar-refractivity contribution >= 4 is 22.6 Å². The van der Waals surface area contributed by atoms with Gasteiger partial charge in [-0.3, -0.25) is 0 Å². The van der Waals surface area contributed by atoms with Crippen LogP contribution in [0.25, 0.3) is 0 Å². The molecule has 1 atom stereocenters. The molecule has 0 amide bonds. The smallest absolute Gasteiger partial charge is 0.0145 e. The Kier molecular flexibility index (Phi) is 3.30. The summed E-state index contributed by atoms with van der Waals surface area (Å²) in [6.45, 7) is 1.99. The van der Waals surface area contributed by atoms with Gasteiger partial charge in [0.25, 0.3) is 0 Å². The first-order chi connectivity index (χ1) is 2.27. The molecule has 0 radical (unpaired) electrons. The zero-order valence-electron chi connectivity index (χ0n) is 3.24. The van der Waals surface area contributed by atoms with E-state index in [0.29, 0.717) is 6.04 Å². The minimum absolute atomic E-state index is 0.371. The highest BCUT2D eigenvalue weighted by atomic mass is 127. The van der Waals surface area contributed by atoms with Crippen LogP contribution in [0.15, 0.2) is 0 Å². The molecule has 32 valence electrons. The molecule has 0 aromatic carbocycles. The van der Waals surface area contributed by atoms with Gasteiger partial charge in [0.1, 0.15) is 0 Å². The van der Waals surface area contributed by atoms with Crippen LogP contribution in [-0.2, 0) is 0 Å². The molecule has 0 saturated carbocycles. The Balaban J connectivity index is 2.54. The summed E-state index contributed by atoms with van der Waals surface area (Å²) in [5, 5.41) is 0. The normalized spacial score (nSPS) is 15.0. The maximum Gasteiger partial charge on any atom is 0.0145 e. The first-order valence-electron chi connectivity index (χ1n) is 1.59. The average Bonchev–Trinajstić information content (AvgIpc) is 1.38. The van der Waals surface area contributed by atoms with Crippen molar-refractivity contribution in [2.24, 2.45) is 5.73 Å². The zero-order valence-corrected chi connectivity index (χ0v) is 5.40. The van der Waals surface area contributed by atoms with Gasteiger partial charge in [-0.1, -0.05) is 22.6 Å². The second kappa shape index (κ2) is 2.90. The van der Waals surface area contributed by atoms with E-state index in [0.717, 1.165) is 4.43 Å². The molecule has 0 aliphatic carbocycles. The van der Waals surface area contributed by atoms with Crippen molar-refractivity contribution in [1.82, 2.24) is 0 Å². The van der Waals surface area contributed by atoms with Gasteiger partial charge in [-0.25, -0.2) is 0 Å². The van der Waals surface area contributed by atoms with E-state index in [1.807, 2.05) is 6.92 Å². The third kappa shape index (κ3) is 4.69. The van der Waals surface area contributed by atoms with Gasteiger partial charge in [0.05, 0.1) is 0 Å². The van der Waals surface area contributed by atoms with Crippen molar-refractivity contribution in [3.05, 3.63) is 0 Å². The maximum atomic E-state index is 5.28. The molecule has 1 unspecified atom stereocenters. The second-order valence-electron chi connectivity index (χ2n) is 1.13. The summed E-state index contributed by atoms with van der Waals surface area (Å²) < 4.78 is 1.05. The Hall–Kier alpha value is 0.690. The Morgan fingerprint density at radius 3 is 2.20 bits per heavy atom. The minimum atomic E-state index is 0.371. The monoisotopic (exact) mass is 185 g/mol. The number of halogens is 1. The van der Waals surface area contributed by atoms with Crippen LogP contribution in [0, 0.1) is 0 Å². The molecule has 2 heteroatoms. The van der Waals surface area contributed by atoms with Gasteiger partial charge in [0.15, 0.2) is 0 Å². The number of hydrogen-bond acceptors (Lipinski definition) is 1. The summed E-state index contributed by atoms with van der Waals surface area (Å²) >= 11 is 2.25. The van der Waals surface area contributed by atoms with Crippen LogP contribution in [0.4, 0.5) is 0 Å². The summed E-state index contributed by atoms with van der Waals surface area (Å²) in [7, 11) is 0. The molecule has 2 N–H and O–H groups in total. The van der Waals surface area contributed by atoms with Gasteiger partial charge in [-0.2, -0.15) is 0 Å². The molecular weight excluding hydrogens is 177 g/mol. The summed E-state index contributed by atoms with van der Waals surface area (Å²) in [4.78, 5) is 0. The molecule has 0 aromatic rings. The van der Waals surface area contributed by atoms with Gasteiger partial charge in [-0.15, -0.1) is 0 Å². The van der Waals surface area contributed by atoms with Gasteiger partial charge in [0.2, 0.25) is 0 Å². The Morgan fingerprint density at radius 2 is 2.20 bits per heavy atom. The summed E-state index contributed by atoms with van der Waals surface area (Å²) in [5.41, 5.74) is 5.28. The van der Waals surface area contributed by atoms with Gasteiger partial charge in [0, 0.05) is 10.5 Å². The average molecular weight is 185 g/mol. The largest absolute Gasteiger partial charge is 0.327 e. The maximum absolute atomic E-state index is 5.28. The van der Waals surface area contributed by atoms with Crippen LogP contribution < -0.4 is 5.73 Å². The fraction of sp³-hybridized carbons (Fsp3) is 1.00. The molecule has 0 saturated heterocycles. The van der Waals surface area contributed by atoms with Crippen molar-refractivity contribution in [2.75, 3.05) is 4.43 Å². The topological polar surface area (TPSA) is 26.0 Å². The van der Waals surface area contributed by atoms with E-state index < -0.39 is 0 Å². The number of hydrogen-bond donors (Lipinski definition) is 1. The first kappa shape index (κ1) is 5.69. The number of rotatable bonds is 1. The van der Waals surface area contributed by atoms with Crippen molar-refractivity contribution in [3.63, 3.8) is 0 Å². The number of alkyl halides is 1. The zero-order chi connectivity index (χ0) is 4.28. The lowest BCUT2D eigenvalue weighted by Crippen LogP contribution is -2.15. The van der Waals surface area contributed by atoms with Crippen LogP contribution in [0.3, 0.4) is 0 Å². The molecule has 0 aliphatic heterocycles. The Labute approximate surface area is 46.1 Å². The number of nitrogens with two attached hydrogens (primary N) is 1. The molecule has 1 nitrogen and oxygen atoms in total. The van der Waals surface area contributed by atoms with Crippen molar-refractivity contribution in [1.29, 1.82) is 0 Å². The first-order valence-corrected chi connectivity index (χ1v) is 3.11. The minimum Gasteiger partial charge on any atom is -0.327 e. The fourth-order valence-electron chi connectivity index (χ4n) is 0. The van der Waals surface area contributed by atoms with Crippen LogP contribution in [0.2, 0.25) is 0 Å². The Bertz CT molecular complexity index is 20.9. The highest BCUT2D eigenvalue weighted by Gasteiger charge is 1.81. The predicted molar refractivity (Wildman–Crippen MR) is 32.5 cm³/mol. The molecule has 0 heterocycles. The summed E-state index contributed by atoms with van der Waals surface area (Å²) in [6, 6.07) is 0.371. The van der Waals surface area contributed by atoms with E-state index in [2.05, 4.69) is 22.6 Å². The second-order valence-corrected chi connectivity index (χ2v) is 2.01. The van der Waals surface area contributed by atoms with Crippen LogP contribution >= 0.6 is 22.6 Å². The molecular formula is C3H8IN. The molecule has 0 aromatic heterocycles. The van der Waals surface area contributed by atoms with Gasteiger partial charge < -0.3 is 5.73 Å². The van der Waals surface area contributed by atoms with Crippen molar-refractivity contribution < 1.29 is 0 Å². The summed E-state index contributed by atoms with van der Waals surface area (Å²) in [5.74, 6) is 0. The lowest BCUT2D eigenvalue weighted by Gasteiger charge is -1.90. The van der Waals surface area contributed by atoms with Crippen LogP contribution in [0.1, 0.15) is 6.92 Å². The van der Waals surface area contributed by atoms with E-state index in [9.17, 15) is 0 Å². The molecule has 0 fully saturated rings. The van der Waals surface area contributed by atoms with Gasteiger partial charge in [-0.05, 0) is 6.92 Å². The standard InChI is InChI=1S/C3H8IN/c1-3(5)2-4/h3H,2,5H2,1H3. The predicted octanol–water partition coefficient (Wildman–Crippen LogP) is 0.769. The SMILES string of the molecule is CC(N)CI. The lowest BCUT2D eigenvalue weighted by molar-refractivity contribution is 0.860. The van der Waals surface area contributed by atoms with E-state index in [4.69, 9.17) is 5.73 Å². The molecule has 0 spiro atoms. The van der Waals surface area contributed by atoms with Crippen molar-refractivity contribution in [2.45, 2.75) is 13.0 Å². The van der Waals surface area contributed by atoms with E-state index in [-0.39, 0.29) is 0 Å². The third-order valence-corrected chi connectivity index (χ3v) is 1.63.